The molecule has 0 amide bonds. The summed E-state index contributed by atoms with van der Waals surface area (Å²) in [6.45, 7) is 2.81. The van der Waals surface area contributed by atoms with Crippen molar-refractivity contribution in [3.05, 3.63) is 22.9 Å². The molecule has 0 radical (unpaired) electrons. The number of hydrogen-bond donors (Lipinski definition) is 2. The maximum atomic E-state index is 5.45. The molecule has 3 nitrogen and oxygen atoms in total. The number of nitrogens with zero attached hydrogens (tertiary/aromatic N) is 1. The van der Waals surface area contributed by atoms with Crippen molar-refractivity contribution in [3.63, 3.8) is 0 Å². The molecule has 1 heterocycles. The van der Waals surface area contributed by atoms with Crippen molar-refractivity contribution in [1.29, 1.82) is 0 Å². The second-order valence-electron chi connectivity index (χ2n) is 3.01. The average Bonchev–Trinajstić information content (AvgIpc) is 2.04. The molecule has 0 bridgehead atoms. The summed E-state index contributed by atoms with van der Waals surface area (Å²) in [5.41, 5.74) is 6.47. The molecule has 72 valence electrons. The van der Waals surface area contributed by atoms with Gasteiger partial charge < -0.3 is 11.1 Å². The predicted octanol–water partition coefficient (Wildman–Crippen LogP) is 1.99. The summed E-state index contributed by atoms with van der Waals surface area (Å²) >= 11 is 3.36. The van der Waals surface area contributed by atoms with Gasteiger partial charge in [0.1, 0.15) is 0 Å². The highest BCUT2D eigenvalue weighted by atomic mass is 79.9. The van der Waals surface area contributed by atoms with Gasteiger partial charge in [-0.15, -0.1) is 0 Å². The lowest BCUT2D eigenvalue weighted by Gasteiger charge is -2.13. The van der Waals surface area contributed by atoms with E-state index in [1.165, 1.54) is 0 Å². The first kappa shape index (κ1) is 10.5. The van der Waals surface area contributed by atoms with Crippen LogP contribution in [0.25, 0.3) is 0 Å². The second-order valence-corrected chi connectivity index (χ2v) is 3.93. The van der Waals surface area contributed by atoms with Crippen LogP contribution in [0.4, 0.5) is 5.69 Å². The zero-order valence-electron chi connectivity index (χ0n) is 7.63. The molecule has 1 atom stereocenters. The lowest BCUT2D eigenvalue weighted by molar-refractivity contribution is 0.716. The SMILES string of the molecule is CC(CCN)Nc1cncc(Br)c1. The van der Waals surface area contributed by atoms with E-state index in [1.807, 2.05) is 6.07 Å². The highest BCUT2D eigenvalue weighted by Gasteiger charge is 2.00. The van der Waals surface area contributed by atoms with Crippen LogP contribution < -0.4 is 11.1 Å². The minimum atomic E-state index is 0.390. The van der Waals surface area contributed by atoms with Gasteiger partial charge >= 0.3 is 0 Å². The van der Waals surface area contributed by atoms with Gasteiger partial charge in [0.05, 0.1) is 11.9 Å². The van der Waals surface area contributed by atoms with Crippen LogP contribution in [0.2, 0.25) is 0 Å². The third-order valence-electron chi connectivity index (χ3n) is 1.72. The molecule has 0 aromatic carbocycles. The normalized spacial score (nSPS) is 12.5. The van der Waals surface area contributed by atoms with Gasteiger partial charge in [-0.2, -0.15) is 0 Å². The van der Waals surface area contributed by atoms with Crippen LogP contribution in [0.15, 0.2) is 22.9 Å². The van der Waals surface area contributed by atoms with E-state index in [-0.39, 0.29) is 0 Å². The van der Waals surface area contributed by atoms with E-state index in [0.29, 0.717) is 12.6 Å². The summed E-state index contributed by atoms with van der Waals surface area (Å²) in [6.07, 6.45) is 4.53. The van der Waals surface area contributed by atoms with Crippen LogP contribution in [0.3, 0.4) is 0 Å². The smallest absolute Gasteiger partial charge is 0.0540 e. The van der Waals surface area contributed by atoms with Gasteiger partial charge in [-0.1, -0.05) is 0 Å². The van der Waals surface area contributed by atoms with Crippen LogP contribution in [0.1, 0.15) is 13.3 Å². The third-order valence-corrected chi connectivity index (χ3v) is 2.15. The number of aromatic nitrogens is 1. The van der Waals surface area contributed by atoms with E-state index in [2.05, 4.69) is 33.2 Å². The van der Waals surface area contributed by atoms with E-state index in [9.17, 15) is 0 Å². The molecule has 0 fully saturated rings. The number of rotatable bonds is 4. The van der Waals surface area contributed by atoms with Crippen molar-refractivity contribution >= 4 is 21.6 Å². The Morgan fingerprint density at radius 2 is 2.38 bits per heavy atom. The van der Waals surface area contributed by atoms with Gasteiger partial charge in [0.2, 0.25) is 0 Å². The Bertz CT molecular complexity index is 265. The third kappa shape index (κ3) is 3.74. The molecule has 0 spiro atoms. The second kappa shape index (κ2) is 5.19. The Kier molecular flexibility index (Phi) is 4.18. The lowest BCUT2D eigenvalue weighted by Crippen LogP contribution is -2.19. The van der Waals surface area contributed by atoms with Gasteiger partial charge in [-0.3, -0.25) is 4.98 Å². The molecule has 0 saturated heterocycles. The number of anilines is 1. The molecular weight excluding hydrogens is 230 g/mol. The molecule has 1 aromatic rings. The van der Waals surface area contributed by atoms with Crippen LogP contribution in [-0.2, 0) is 0 Å². The molecule has 3 N–H and O–H groups in total. The minimum absolute atomic E-state index is 0.390. The maximum Gasteiger partial charge on any atom is 0.0540 e. The highest BCUT2D eigenvalue weighted by Crippen LogP contribution is 2.14. The summed E-state index contributed by atoms with van der Waals surface area (Å²) in [4.78, 5) is 4.06. The summed E-state index contributed by atoms with van der Waals surface area (Å²) in [5, 5.41) is 3.31. The zero-order valence-corrected chi connectivity index (χ0v) is 9.21. The molecule has 1 aromatic heterocycles. The van der Waals surface area contributed by atoms with Crippen LogP contribution in [0.5, 0.6) is 0 Å². The molecule has 13 heavy (non-hydrogen) atoms. The van der Waals surface area contributed by atoms with Gasteiger partial charge in [-0.25, -0.2) is 0 Å². The van der Waals surface area contributed by atoms with E-state index in [0.717, 1.165) is 16.6 Å². The van der Waals surface area contributed by atoms with E-state index < -0.39 is 0 Å². The first-order valence-electron chi connectivity index (χ1n) is 4.29. The Morgan fingerprint density at radius 3 is 3.00 bits per heavy atom. The number of halogens is 1. The number of nitrogens with one attached hydrogen (secondary N) is 1. The van der Waals surface area contributed by atoms with Crippen molar-refractivity contribution in [1.82, 2.24) is 4.98 Å². The Balaban J connectivity index is 2.53. The molecule has 4 heteroatoms. The molecule has 1 unspecified atom stereocenters. The summed E-state index contributed by atoms with van der Waals surface area (Å²) in [5.74, 6) is 0. The van der Waals surface area contributed by atoms with Gasteiger partial charge in [-0.05, 0) is 41.9 Å². The van der Waals surface area contributed by atoms with E-state index >= 15 is 0 Å². The fourth-order valence-corrected chi connectivity index (χ4v) is 1.46. The van der Waals surface area contributed by atoms with Crippen molar-refractivity contribution in [2.45, 2.75) is 19.4 Å². The molecule has 0 saturated carbocycles. The minimum Gasteiger partial charge on any atom is -0.381 e. The Hall–Kier alpha value is -0.610. The molecule has 0 aliphatic rings. The Morgan fingerprint density at radius 1 is 1.62 bits per heavy atom. The quantitative estimate of drug-likeness (QED) is 0.851. The first-order chi connectivity index (χ1) is 6.22. The summed E-state index contributed by atoms with van der Waals surface area (Å²) < 4.78 is 0.984. The van der Waals surface area contributed by atoms with Crippen molar-refractivity contribution in [2.75, 3.05) is 11.9 Å². The van der Waals surface area contributed by atoms with E-state index in [1.54, 1.807) is 12.4 Å². The van der Waals surface area contributed by atoms with Crippen molar-refractivity contribution in [3.8, 4) is 0 Å². The van der Waals surface area contributed by atoms with Gasteiger partial charge in [0.25, 0.3) is 0 Å². The van der Waals surface area contributed by atoms with Gasteiger partial charge in [0.15, 0.2) is 0 Å². The zero-order chi connectivity index (χ0) is 9.68. The predicted molar refractivity (Wildman–Crippen MR) is 58.7 cm³/mol. The molecular formula is C9H14BrN3. The topological polar surface area (TPSA) is 50.9 Å². The molecule has 0 aliphatic heterocycles. The lowest BCUT2D eigenvalue weighted by atomic mass is 10.2. The largest absolute Gasteiger partial charge is 0.381 e. The number of hydrogen-bond acceptors (Lipinski definition) is 3. The first-order valence-corrected chi connectivity index (χ1v) is 5.09. The standard InChI is InChI=1S/C9H14BrN3/c1-7(2-3-11)13-9-4-8(10)5-12-6-9/h4-7,13H,2-3,11H2,1H3. The molecule has 1 rings (SSSR count). The fourth-order valence-electron chi connectivity index (χ4n) is 1.10. The monoisotopic (exact) mass is 243 g/mol. The molecule has 0 aliphatic carbocycles. The van der Waals surface area contributed by atoms with Crippen LogP contribution in [0, 0.1) is 0 Å². The highest BCUT2D eigenvalue weighted by molar-refractivity contribution is 9.10. The maximum absolute atomic E-state index is 5.45. The van der Waals surface area contributed by atoms with Crippen molar-refractivity contribution < 1.29 is 0 Å². The Labute approximate surface area is 86.9 Å². The fraction of sp³-hybridized carbons (Fsp3) is 0.444. The van der Waals surface area contributed by atoms with E-state index in [4.69, 9.17) is 5.73 Å². The van der Waals surface area contributed by atoms with Crippen LogP contribution >= 0.6 is 15.9 Å². The summed E-state index contributed by atoms with van der Waals surface area (Å²) in [6, 6.07) is 2.39. The summed E-state index contributed by atoms with van der Waals surface area (Å²) in [7, 11) is 0. The average molecular weight is 244 g/mol. The van der Waals surface area contributed by atoms with Gasteiger partial charge in [0, 0.05) is 16.7 Å². The number of pyridine rings is 1. The van der Waals surface area contributed by atoms with Crippen LogP contribution in [-0.4, -0.2) is 17.6 Å². The van der Waals surface area contributed by atoms with Crippen molar-refractivity contribution in [2.24, 2.45) is 5.73 Å². The number of nitrogens with two attached hydrogens (primary N) is 1.